The summed E-state index contributed by atoms with van der Waals surface area (Å²) in [6.45, 7) is 4.23. The lowest BCUT2D eigenvalue weighted by atomic mass is 9.52. The molecule has 1 heterocycles. The van der Waals surface area contributed by atoms with E-state index in [-0.39, 0.29) is 17.6 Å². The Morgan fingerprint density at radius 1 is 1.39 bits per heavy atom. The second-order valence-corrected chi connectivity index (χ2v) is 7.12. The molecule has 4 nitrogen and oxygen atoms in total. The molecular formula is C19H23NO3. The number of rotatable bonds is 1. The molecule has 1 amide bonds. The highest BCUT2D eigenvalue weighted by atomic mass is 16.5. The predicted octanol–water partition coefficient (Wildman–Crippen LogP) is 3.73. The monoisotopic (exact) mass is 313 g/mol. The Balaban J connectivity index is 1.79. The van der Waals surface area contributed by atoms with Gasteiger partial charge in [-0.3, -0.25) is 0 Å². The zero-order valence-corrected chi connectivity index (χ0v) is 13.3. The van der Waals surface area contributed by atoms with Crippen molar-refractivity contribution < 1.29 is 14.6 Å². The van der Waals surface area contributed by atoms with Crippen molar-refractivity contribution in [3.63, 3.8) is 0 Å². The van der Waals surface area contributed by atoms with Crippen molar-refractivity contribution in [2.45, 2.75) is 50.0 Å². The number of likely N-dealkylation sites (tertiary alicyclic amines) is 1. The van der Waals surface area contributed by atoms with E-state index in [1.165, 1.54) is 30.2 Å². The summed E-state index contributed by atoms with van der Waals surface area (Å²) in [6, 6.07) is 5.98. The molecule has 122 valence electrons. The molecule has 1 saturated heterocycles. The maximum Gasteiger partial charge on any atom is 0.414 e. The number of aromatic hydroxyl groups is 1. The van der Waals surface area contributed by atoms with Gasteiger partial charge in [-0.1, -0.05) is 25.5 Å². The molecule has 4 heteroatoms. The van der Waals surface area contributed by atoms with Crippen LogP contribution >= 0.6 is 0 Å². The molecule has 0 radical (unpaired) electrons. The number of carbonyl (C=O) groups excluding carboxylic acids is 1. The van der Waals surface area contributed by atoms with Crippen LogP contribution in [0.25, 0.3) is 0 Å². The molecule has 0 spiro atoms. The fourth-order valence-corrected chi connectivity index (χ4v) is 5.36. The van der Waals surface area contributed by atoms with Gasteiger partial charge in [0, 0.05) is 18.0 Å². The van der Waals surface area contributed by atoms with E-state index < -0.39 is 0 Å². The third-order valence-electron chi connectivity index (χ3n) is 6.24. The van der Waals surface area contributed by atoms with Crippen LogP contribution in [-0.4, -0.2) is 28.7 Å². The molecule has 0 aromatic heterocycles. The van der Waals surface area contributed by atoms with Gasteiger partial charge in [-0.05, 0) is 54.9 Å². The minimum absolute atomic E-state index is 0.125. The van der Waals surface area contributed by atoms with Crippen molar-refractivity contribution >= 4 is 6.09 Å². The van der Waals surface area contributed by atoms with Crippen LogP contribution in [0.2, 0.25) is 0 Å². The third kappa shape index (κ3) is 2.07. The fraction of sp³-hybridized carbons (Fsp3) is 0.526. The summed E-state index contributed by atoms with van der Waals surface area (Å²) in [5.74, 6) is 0.825. The maximum absolute atomic E-state index is 12.3. The van der Waals surface area contributed by atoms with E-state index in [4.69, 9.17) is 4.74 Å². The second-order valence-electron chi connectivity index (χ2n) is 7.12. The number of phenols is 1. The molecule has 4 rings (SSSR count). The smallest absolute Gasteiger partial charge is 0.414 e. The lowest BCUT2D eigenvalue weighted by Gasteiger charge is -2.58. The summed E-state index contributed by atoms with van der Waals surface area (Å²) in [6.07, 6.45) is 7.53. The Bertz CT molecular complexity index is 656. The van der Waals surface area contributed by atoms with Crippen LogP contribution in [0, 0.1) is 5.92 Å². The first-order valence-electron chi connectivity index (χ1n) is 8.56. The number of phenolic OH excluding ortho intramolecular Hbond substituents is 1. The summed E-state index contributed by atoms with van der Waals surface area (Å²) in [5, 5.41) is 9.99. The molecule has 3 aliphatic rings. The summed E-state index contributed by atoms with van der Waals surface area (Å²) in [5.41, 5.74) is 2.73. The van der Waals surface area contributed by atoms with Crippen molar-refractivity contribution in [1.29, 1.82) is 0 Å². The molecule has 1 aromatic rings. The topological polar surface area (TPSA) is 49.8 Å². The number of hydrogen-bond donors (Lipinski definition) is 1. The second kappa shape index (κ2) is 5.29. The molecule has 2 bridgehead atoms. The van der Waals surface area contributed by atoms with Crippen LogP contribution in [0.3, 0.4) is 0 Å². The van der Waals surface area contributed by atoms with Gasteiger partial charge in [-0.25, -0.2) is 4.79 Å². The van der Waals surface area contributed by atoms with Crippen molar-refractivity contribution in [1.82, 2.24) is 4.90 Å². The predicted molar refractivity (Wildman–Crippen MR) is 87.2 cm³/mol. The van der Waals surface area contributed by atoms with E-state index in [0.29, 0.717) is 11.7 Å². The molecule has 1 aliphatic heterocycles. The van der Waals surface area contributed by atoms with Crippen LogP contribution in [0.4, 0.5) is 4.79 Å². The van der Waals surface area contributed by atoms with Crippen LogP contribution in [0.5, 0.6) is 5.75 Å². The molecule has 3 atom stereocenters. The van der Waals surface area contributed by atoms with E-state index in [9.17, 15) is 9.90 Å². The van der Waals surface area contributed by atoms with Gasteiger partial charge in [0.1, 0.15) is 5.75 Å². The number of fused-ring (bicyclic) bond motifs is 1. The minimum Gasteiger partial charge on any atom is -0.508 e. The summed E-state index contributed by atoms with van der Waals surface area (Å²) in [7, 11) is 0. The van der Waals surface area contributed by atoms with E-state index in [2.05, 4.69) is 6.58 Å². The van der Waals surface area contributed by atoms with Gasteiger partial charge in [-0.2, -0.15) is 0 Å². The van der Waals surface area contributed by atoms with Gasteiger partial charge < -0.3 is 14.7 Å². The number of nitrogens with zero attached hydrogens (tertiary/aromatic N) is 1. The molecule has 0 unspecified atom stereocenters. The third-order valence-corrected chi connectivity index (χ3v) is 6.24. The fourth-order valence-electron chi connectivity index (χ4n) is 5.36. The number of carbonyl (C=O) groups is 1. The molecule has 23 heavy (non-hydrogen) atoms. The number of hydrogen-bond acceptors (Lipinski definition) is 3. The van der Waals surface area contributed by atoms with Crippen molar-refractivity contribution in [2.75, 3.05) is 6.54 Å². The Labute approximate surface area is 136 Å². The highest BCUT2D eigenvalue weighted by molar-refractivity contribution is 5.69. The average molecular weight is 313 g/mol. The summed E-state index contributed by atoms with van der Waals surface area (Å²) < 4.78 is 5.07. The summed E-state index contributed by atoms with van der Waals surface area (Å²) >= 11 is 0. The Kier molecular flexibility index (Phi) is 3.36. The van der Waals surface area contributed by atoms with E-state index >= 15 is 0 Å². The normalized spacial score (nSPS) is 31.7. The lowest BCUT2D eigenvalue weighted by Crippen LogP contribution is -2.62. The SMILES string of the molecule is C=COC(=O)N1CC[C@]23CCCC[C@H]2[C@H]1Cc1ccc(O)cc13. The Morgan fingerprint density at radius 3 is 3.09 bits per heavy atom. The Morgan fingerprint density at radius 2 is 2.26 bits per heavy atom. The largest absolute Gasteiger partial charge is 0.508 e. The standard InChI is InChI=1S/C19H23NO3/c1-2-23-18(22)20-10-9-19-8-4-3-5-15(19)17(20)11-13-6-7-14(21)12-16(13)19/h2,6-7,12,15,17,21H,1,3-5,8-11H2/t15-,17+,19+/m0/s1. The van der Waals surface area contributed by atoms with Gasteiger partial charge in [0.05, 0.1) is 6.26 Å². The van der Waals surface area contributed by atoms with Crippen LogP contribution < -0.4 is 0 Å². The first-order valence-corrected chi connectivity index (χ1v) is 8.56. The zero-order chi connectivity index (χ0) is 16.0. The molecule has 1 aromatic carbocycles. The highest BCUT2D eigenvalue weighted by Crippen LogP contribution is 2.56. The minimum atomic E-state index is -0.272. The summed E-state index contributed by atoms with van der Waals surface area (Å²) in [4.78, 5) is 14.2. The van der Waals surface area contributed by atoms with Gasteiger partial charge in [0.2, 0.25) is 0 Å². The van der Waals surface area contributed by atoms with E-state index in [1.807, 2.05) is 17.0 Å². The molecule has 1 N–H and O–H groups in total. The van der Waals surface area contributed by atoms with Gasteiger partial charge >= 0.3 is 6.09 Å². The lowest BCUT2D eigenvalue weighted by molar-refractivity contribution is -0.00426. The van der Waals surface area contributed by atoms with Crippen molar-refractivity contribution in [3.8, 4) is 5.75 Å². The van der Waals surface area contributed by atoms with Crippen LogP contribution in [0.1, 0.15) is 43.2 Å². The average Bonchev–Trinajstić information content (AvgIpc) is 2.56. The van der Waals surface area contributed by atoms with Gasteiger partial charge in [0.15, 0.2) is 0 Å². The van der Waals surface area contributed by atoms with Gasteiger partial charge in [0.25, 0.3) is 0 Å². The number of amides is 1. The highest BCUT2D eigenvalue weighted by Gasteiger charge is 2.55. The molecule has 1 saturated carbocycles. The number of ether oxygens (including phenoxy) is 1. The molecule has 2 aliphatic carbocycles. The van der Waals surface area contributed by atoms with E-state index in [0.717, 1.165) is 32.2 Å². The zero-order valence-electron chi connectivity index (χ0n) is 13.3. The number of benzene rings is 1. The first kappa shape index (κ1) is 14.6. The maximum atomic E-state index is 12.3. The van der Waals surface area contributed by atoms with Crippen molar-refractivity contribution in [3.05, 3.63) is 42.2 Å². The van der Waals surface area contributed by atoms with Crippen LogP contribution in [0.15, 0.2) is 31.0 Å². The van der Waals surface area contributed by atoms with Crippen LogP contribution in [-0.2, 0) is 16.6 Å². The van der Waals surface area contributed by atoms with E-state index in [1.54, 1.807) is 6.07 Å². The van der Waals surface area contributed by atoms with Crippen molar-refractivity contribution in [2.24, 2.45) is 5.92 Å². The Hall–Kier alpha value is -1.97. The molecule has 2 fully saturated rings. The first-order chi connectivity index (χ1) is 11.2. The van der Waals surface area contributed by atoms with Gasteiger partial charge in [-0.15, -0.1) is 0 Å². The number of piperidine rings is 1. The molecular weight excluding hydrogens is 290 g/mol. The quantitative estimate of drug-likeness (QED) is 0.804.